The van der Waals surface area contributed by atoms with Gasteiger partial charge >= 0.3 is 0 Å². The van der Waals surface area contributed by atoms with Crippen molar-refractivity contribution in [1.29, 1.82) is 0 Å². The van der Waals surface area contributed by atoms with Gasteiger partial charge in [-0.25, -0.2) is 0 Å². The molecule has 4 nitrogen and oxygen atoms in total. The SMILES string of the molecule is Cc1ccccc1CN1CCN(CC(=O)NC2CCCCC2)CC1. The van der Waals surface area contributed by atoms with Crippen molar-refractivity contribution in [2.45, 2.75) is 51.6 Å². The van der Waals surface area contributed by atoms with Crippen LogP contribution >= 0.6 is 0 Å². The normalized spacial score (nSPS) is 20.9. The van der Waals surface area contributed by atoms with Crippen LogP contribution in [0.1, 0.15) is 43.2 Å². The van der Waals surface area contributed by atoms with Crippen molar-refractivity contribution >= 4 is 5.91 Å². The van der Waals surface area contributed by atoms with Gasteiger partial charge in [0.2, 0.25) is 5.91 Å². The highest BCUT2D eigenvalue weighted by Crippen LogP contribution is 2.17. The quantitative estimate of drug-likeness (QED) is 0.902. The summed E-state index contributed by atoms with van der Waals surface area (Å²) in [6.07, 6.45) is 6.19. The zero-order valence-corrected chi connectivity index (χ0v) is 15.0. The van der Waals surface area contributed by atoms with Crippen molar-refractivity contribution in [3.63, 3.8) is 0 Å². The van der Waals surface area contributed by atoms with Crippen molar-refractivity contribution in [3.05, 3.63) is 35.4 Å². The molecule has 1 aromatic carbocycles. The van der Waals surface area contributed by atoms with E-state index in [1.165, 1.54) is 30.4 Å². The molecule has 1 aromatic rings. The van der Waals surface area contributed by atoms with Gasteiger partial charge in [0.1, 0.15) is 0 Å². The van der Waals surface area contributed by atoms with E-state index in [1.807, 2.05) is 0 Å². The number of piperazine rings is 1. The third-order valence-electron chi connectivity index (χ3n) is 5.46. The van der Waals surface area contributed by atoms with Crippen molar-refractivity contribution in [2.75, 3.05) is 32.7 Å². The molecule has 0 atom stereocenters. The second-order valence-electron chi connectivity index (χ2n) is 7.38. The molecule has 0 unspecified atom stereocenters. The summed E-state index contributed by atoms with van der Waals surface area (Å²) in [5.41, 5.74) is 2.78. The van der Waals surface area contributed by atoms with Gasteiger partial charge in [0.15, 0.2) is 0 Å². The van der Waals surface area contributed by atoms with Gasteiger partial charge in [0.05, 0.1) is 6.54 Å². The molecule has 132 valence electrons. The van der Waals surface area contributed by atoms with E-state index in [0.29, 0.717) is 12.6 Å². The Morgan fingerprint density at radius 2 is 1.71 bits per heavy atom. The summed E-state index contributed by atoms with van der Waals surface area (Å²) >= 11 is 0. The lowest BCUT2D eigenvalue weighted by molar-refractivity contribution is -0.123. The molecule has 1 saturated heterocycles. The minimum absolute atomic E-state index is 0.217. The summed E-state index contributed by atoms with van der Waals surface area (Å²) in [5.74, 6) is 0.217. The Balaban J connectivity index is 1.38. The van der Waals surface area contributed by atoms with E-state index in [1.54, 1.807) is 0 Å². The highest BCUT2D eigenvalue weighted by Gasteiger charge is 2.21. The number of hydrogen-bond donors (Lipinski definition) is 1. The van der Waals surface area contributed by atoms with Gasteiger partial charge in [-0.15, -0.1) is 0 Å². The molecule has 2 aliphatic rings. The molecule has 24 heavy (non-hydrogen) atoms. The molecule has 1 N–H and O–H groups in total. The second-order valence-corrected chi connectivity index (χ2v) is 7.38. The standard InChI is InChI=1S/C20H31N3O/c1-17-7-5-6-8-18(17)15-22-11-13-23(14-12-22)16-20(24)21-19-9-3-2-4-10-19/h5-8,19H,2-4,9-16H2,1H3,(H,21,24). The first kappa shape index (κ1) is 17.4. The Morgan fingerprint density at radius 3 is 2.42 bits per heavy atom. The van der Waals surface area contributed by atoms with Crippen LogP contribution in [-0.4, -0.2) is 54.5 Å². The molecule has 1 heterocycles. The van der Waals surface area contributed by atoms with E-state index in [2.05, 4.69) is 46.3 Å². The van der Waals surface area contributed by atoms with E-state index >= 15 is 0 Å². The first-order chi connectivity index (χ1) is 11.7. The summed E-state index contributed by atoms with van der Waals surface area (Å²) in [6.45, 7) is 7.84. The second kappa shape index (κ2) is 8.63. The Kier molecular flexibility index (Phi) is 6.27. The van der Waals surface area contributed by atoms with Crippen molar-refractivity contribution < 1.29 is 4.79 Å². The topological polar surface area (TPSA) is 35.6 Å². The Hall–Kier alpha value is -1.39. The van der Waals surface area contributed by atoms with Crippen molar-refractivity contribution in [3.8, 4) is 0 Å². The van der Waals surface area contributed by atoms with Crippen LogP contribution in [0.15, 0.2) is 24.3 Å². The Labute approximate surface area is 146 Å². The third kappa shape index (κ3) is 5.05. The van der Waals surface area contributed by atoms with Gasteiger partial charge in [-0.05, 0) is 30.9 Å². The van der Waals surface area contributed by atoms with Crippen LogP contribution in [0.5, 0.6) is 0 Å². The van der Waals surface area contributed by atoms with Crippen LogP contribution < -0.4 is 5.32 Å². The summed E-state index contributed by atoms with van der Waals surface area (Å²) in [4.78, 5) is 17.0. The molecule has 0 aromatic heterocycles. The fourth-order valence-corrected chi connectivity index (χ4v) is 3.86. The van der Waals surface area contributed by atoms with E-state index < -0.39 is 0 Å². The van der Waals surface area contributed by atoms with Crippen molar-refractivity contribution in [1.82, 2.24) is 15.1 Å². The fourth-order valence-electron chi connectivity index (χ4n) is 3.86. The van der Waals surface area contributed by atoms with Gasteiger partial charge in [0, 0.05) is 38.8 Å². The molecule has 0 bridgehead atoms. The van der Waals surface area contributed by atoms with Gasteiger partial charge in [-0.2, -0.15) is 0 Å². The lowest BCUT2D eigenvalue weighted by Gasteiger charge is -2.35. The number of nitrogens with zero attached hydrogens (tertiary/aromatic N) is 2. The molecular weight excluding hydrogens is 298 g/mol. The number of aryl methyl sites for hydroxylation is 1. The van der Waals surface area contributed by atoms with Crippen LogP contribution in [0.4, 0.5) is 0 Å². The van der Waals surface area contributed by atoms with Crippen LogP contribution in [0, 0.1) is 6.92 Å². The average Bonchev–Trinajstić information content (AvgIpc) is 2.59. The first-order valence-corrected chi connectivity index (χ1v) is 9.49. The van der Waals surface area contributed by atoms with E-state index in [0.717, 1.165) is 45.6 Å². The number of rotatable bonds is 5. The molecule has 2 fully saturated rings. The number of carbonyl (C=O) groups excluding carboxylic acids is 1. The maximum atomic E-state index is 12.2. The monoisotopic (exact) mass is 329 g/mol. The molecule has 4 heteroatoms. The van der Waals surface area contributed by atoms with Crippen molar-refractivity contribution in [2.24, 2.45) is 0 Å². The number of benzene rings is 1. The number of hydrogen-bond acceptors (Lipinski definition) is 3. The summed E-state index contributed by atoms with van der Waals surface area (Å²) < 4.78 is 0. The fraction of sp³-hybridized carbons (Fsp3) is 0.650. The Morgan fingerprint density at radius 1 is 1.04 bits per heavy atom. The third-order valence-corrected chi connectivity index (χ3v) is 5.46. The molecule has 0 spiro atoms. The molecular formula is C20H31N3O. The maximum Gasteiger partial charge on any atom is 0.234 e. The molecule has 1 saturated carbocycles. The lowest BCUT2D eigenvalue weighted by atomic mass is 9.95. The zero-order valence-electron chi connectivity index (χ0n) is 15.0. The molecule has 0 radical (unpaired) electrons. The number of carbonyl (C=O) groups is 1. The van der Waals surface area contributed by atoms with E-state index in [9.17, 15) is 4.79 Å². The number of nitrogens with one attached hydrogen (secondary N) is 1. The predicted molar refractivity (Wildman–Crippen MR) is 97.9 cm³/mol. The molecule has 3 rings (SSSR count). The lowest BCUT2D eigenvalue weighted by Crippen LogP contribution is -2.50. The minimum atomic E-state index is 0.217. The summed E-state index contributed by atoms with van der Waals surface area (Å²) in [7, 11) is 0. The van der Waals surface area contributed by atoms with Gasteiger partial charge in [-0.3, -0.25) is 14.6 Å². The molecule has 1 aliphatic heterocycles. The smallest absolute Gasteiger partial charge is 0.234 e. The molecule has 1 aliphatic carbocycles. The zero-order chi connectivity index (χ0) is 16.8. The number of amides is 1. The highest BCUT2D eigenvalue weighted by atomic mass is 16.2. The van der Waals surface area contributed by atoms with E-state index in [4.69, 9.17) is 0 Å². The van der Waals surface area contributed by atoms with Crippen LogP contribution in [-0.2, 0) is 11.3 Å². The van der Waals surface area contributed by atoms with Gasteiger partial charge in [0.25, 0.3) is 0 Å². The largest absolute Gasteiger partial charge is 0.352 e. The van der Waals surface area contributed by atoms with Crippen LogP contribution in [0.3, 0.4) is 0 Å². The van der Waals surface area contributed by atoms with Gasteiger partial charge in [-0.1, -0.05) is 43.5 Å². The van der Waals surface area contributed by atoms with Crippen LogP contribution in [0.25, 0.3) is 0 Å². The summed E-state index contributed by atoms with van der Waals surface area (Å²) in [6, 6.07) is 9.05. The summed E-state index contributed by atoms with van der Waals surface area (Å²) in [5, 5.41) is 3.23. The first-order valence-electron chi connectivity index (χ1n) is 9.49. The minimum Gasteiger partial charge on any atom is -0.352 e. The average molecular weight is 329 g/mol. The predicted octanol–water partition coefficient (Wildman–Crippen LogP) is 2.56. The maximum absolute atomic E-state index is 12.2. The van der Waals surface area contributed by atoms with Crippen LogP contribution in [0.2, 0.25) is 0 Å². The van der Waals surface area contributed by atoms with Gasteiger partial charge < -0.3 is 5.32 Å². The highest BCUT2D eigenvalue weighted by molar-refractivity contribution is 5.78. The van der Waals surface area contributed by atoms with E-state index in [-0.39, 0.29) is 5.91 Å². The Bertz CT molecular complexity index is 531. The molecule has 1 amide bonds.